The standard InChI is InChI=1S/C23H20ClN3O2/c1-15-5-3-4-6-21(15)23(29)25-20-13-9-17(10-14-20)16(2)26-27-22(28)18-7-11-19(24)12-8-18/h3-14H,1-2H3,(H,25,29)(H,27,28)/b26-16-. The van der Waals surface area contributed by atoms with E-state index in [4.69, 9.17) is 11.6 Å². The van der Waals surface area contributed by atoms with Gasteiger partial charge < -0.3 is 5.32 Å². The number of hydrogen-bond acceptors (Lipinski definition) is 3. The van der Waals surface area contributed by atoms with Crippen molar-refractivity contribution < 1.29 is 9.59 Å². The van der Waals surface area contributed by atoms with Gasteiger partial charge in [0.1, 0.15) is 0 Å². The van der Waals surface area contributed by atoms with Crippen LogP contribution in [0.25, 0.3) is 0 Å². The van der Waals surface area contributed by atoms with Gasteiger partial charge in [0.2, 0.25) is 0 Å². The highest BCUT2D eigenvalue weighted by atomic mass is 35.5. The summed E-state index contributed by atoms with van der Waals surface area (Å²) in [6, 6.07) is 21.3. The van der Waals surface area contributed by atoms with Crippen LogP contribution in [0.3, 0.4) is 0 Å². The molecule has 146 valence electrons. The molecule has 0 aliphatic heterocycles. The van der Waals surface area contributed by atoms with Crippen LogP contribution in [0.2, 0.25) is 5.02 Å². The highest BCUT2D eigenvalue weighted by Gasteiger charge is 2.09. The summed E-state index contributed by atoms with van der Waals surface area (Å²) in [4.78, 5) is 24.5. The largest absolute Gasteiger partial charge is 0.322 e. The van der Waals surface area contributed by atoms with Crippen LogP contribution in [0.1, 0.15) is 38.8 Å². The van der Waals surface area contributed by atoms with Gasteiger partial charge in [-0.05, 0) is 67.4 Å². The highest BCUT2D eigenvalue weighted by Crippen LogP contribution is 2.14. The van der Waals surface area contributed by atoms with Gasteiger partial charge in [0.05, 0.1) is 5.71 Å². The third-order valence-corrected chi connectivity index (χ3v) is 4.63. The Morgan fingerprint density at radius 3 is 2.10 bits per heavy atom. The topological polar surface area (TPSA) is 70.6 Å². The maximum absolute atomic E-state index is 12.4. The molecule has 5 nitrogen and oxygen atoms in total. The molecule has 0 unspecified atom stereocenters. The number of nitrogens with zero attached hydrogens (tertiary/aromatic N) is 1. The Morgan fingerprint density at radius 2 is 1.45 bits per heavy atom. The smallest absolute Gasteiger partial charge is 0.271 e. The number of nitrogens with one attached hydrogen (secondary N) is 2. The van der Waals surface area contributed by atoms with Gasteiger partial charge in [-0.2, -0.15) is 5.10 Å². The molecule has 0 aliphatic carbocycles. The summed E-state index contributed by atoms with van der Waals surface area (Å²) in [5, 5.41) is 7.59. The van der Waals surface area contributed by atoms with E-state index in [2.05, 4.69) is 15.8 Å². The van der Waals surface area contributed by atoms with E-state index in [-0.39, 0.29) is 11.8 Å². The lowest BCUT2D eigenvalue weighted by molar-refractivity contribution is 0.0954. The van der Waals surface area contributed by atoms with Crippen molar-refractivity contribution in [3.8, 4) is 0 Å². The van der Waals surface area contributed by atoms with Gasteiger partial charge in [-0.25, -0.2) is 5.43 Å². The number of amides is 2. The Balaban J connectivity index is 1.63. The lowest BCUT2D eigenvalue weighted by Gasteiger charge is -2.08. The zero-order valence-corrected chi connectivity index (χ0v) is 16.8. The predicted molar refractivity (Wildman–Crippen MR) is 117 cm³/mol. The van der Waals surface area contributed by atoms with Crippen LogP contribution in [0, 0.1) is 6.92 Å². The second-order valence-electron chi connectivity index (χ2n) is 6.49. The fraction of sp³-hybridized carbons (Fsp3) is 0.0870. The number of halogens is 1. The number of carbonyl (C=O) groups is 2. The Kier molecular flexibility index (Phi) is 6.42. The Hall–Kier alpha value is -3.44. The molecule has 0 atom stereocenters. The van der Waals surface area contributed by atoms with Crippen LogP contribution in [0.4, 0.5) is 5.69 Å². The van der Waals surface area contributed by atoms with E-state index in [1.54, 1.807) is 49.4 Å². The molecular formula is C23H20ClN3O2. The van der Waals surface area contributed by atoms with Gasteiger partial charge in [-0.15, -0.1) is 0 Å². The molecule has 0 saturated heterocycles. The van der Waals surface area contributed by atoms with Crippen molar-refractivity contribution in [2.24, 2.45) is 5.10 Å². The quantitative estimate of drug-likeness (QED) is 0.460. The fourth-order valence-electron chi connectivity index (χ4n) is 2.69. The summed E-state index contributed by atoms with van der Waals surface area (Å²) in [5.41, 5.74) is 6.71. The minimum absolute atomic E-state index is 0.156. The maximum atomic E-state index is 12.4. The molecule has 0 saturated carbocycles. The molecule has 0 aromatic heterocycles. The molecule has 0 heterocycles. The first-order valence-corrected chi connectivity index (χ1v) is 9.39. The van der Waals surface area contributed by atoms with Crippen molar-refractivity contribution >= 4 is 34.8 Å². The first kappa shape index (κ1) is 20.3. The Labute approximate surface area is 174 Å². The number of rotatable bonds is 5. The average molecular weight is 406 g/mol. The summed E-state index contributed by atoms with van der Waals surface area (Å²) in [6.45, 7) is 3.69. The van der Waals surface area contributed by atoms with E-state index in [9.17, 15) is 9.59 Å². The van der Waals surface area contributed by atoms with E-state index in [0.717, 1.165) is 11.1 Å². The number of anilines is 1. The minimum Gasteiger partial charge on any atom is -0.322 e. The zero-order chi connectivity index (χ0) is 20.8. The normalized spacial score (nSPS) is 11.1. The van der Waals surface area contributed by atoms with Crippen molar-refractivity contribution in [1.29, 1.82) is 0 Å². The van der Waals surface area contributed by atoms with Gasteiger partial charge in [0.15, 0.2) is 0 Å². The Morgan fingerprint density at radius 1 is 0.828 bits per heavy atom. The van der Waals surface area contributed by atoms with Gasteiger partial charge >= 0.3 is 0 Å². The molecule has 6 heteroatoms. The van der Waals surface area contributed by atoms with Crippen LogP contribution >= 0.6 is 11.6 Å². The monoisotopic (exact) mass is 405 g/mol. The SMILES string of the molecule is C/C(=N/NC(=O)c1ccc(Cl)cc1)c1ccc(NC(=O)c2ccccc2C)cc1. The molecular weight excluding hydrogens is 386 g/mol. The first-order chi connectivity index (χ1) is 13.9. The number of benzene rings is 3. The maximum Gasteiger partial charge on any atom is 0.271 e. The van der Waals surface area contributed by atoms with Crippen molar-refractivity contribution in [3.63, 3.8) is 0 Å². The molecule has 0 radical (unpaired) electrons. The summed E-state index contributed by atoms with van der Waals surface area (Å²) >= 11 is 5.83. The van der Waals surface area contributed by atoms with E-state index >= 15 is 0 Å². The first-order valence-electron chi connectivity index (χ1n) is 9.01. The second kappa shape index (κ2) is 9.17. The molecule has 29 heavy (non-hydrogen) atoms. The molecule has 3 aromatic carbocycles. The van der Waals surface area contributed by atoms with Crippen molar-refractivity contribution in [2.75, 3.05) is 5.32 Å². The average Bonchev–Trinajstić information content (AvgIpc) is 2.73. The van der Waals surface area contributed by atoms with E-state index in [1.165, 1.54) is 0 Å². The van der Waals surface area contributed by atoms with Gasteiger partial charge in [0, 0.05) is 21.8 Å². The molecule has 0 bridgehead atoms. The predicted octanol–water partition coefficient (Wildman–Crippen LogP) is 5.05. The van der Waals surface area contributed by atoms with Crippen LogP contribution < -0.4 is 10.7 Å². The molecule has 3 aromatic rings. The molecule has 0 fully saturated rings. The van der Waals surface area contributed by atoms with Crippen LogP contribution in [-0.4, -0.2) is 17.5 Å². The number of hydrogen-bond donors (Lipinski definition) is 2. The molecule has 3 rings (SSSR count). The minimum atomic E-state index is -0.317. The van der Waals surface area contributed by atoms with E-state index in [0.29, 0.717) is 27.5 Å². The Bertz CT molecular complexity index is 1060. The van der Waals surface area contributed by atoms with Gasteiger partial charge in [-0.3, -0.25) is 9.59 Å². The van der Waals surface area contributed by atoms with E-state index in [1.807, 2.05) is 37.3 Å². The number of aryl methyl sites for hydroxylation is 1. The molecule has 2 N–H and O–H groups in total. The molecule has 0 aliphatic rings. The van der Waals surface area contributed by atoms with Gasteiger partial charge in [0.25, 0.3) is 11.8 Å². The third kappa shape index (κ3) is 5.30. The molecule has 0 spiro atoms. The molecule has 2 amide bonds. The lowest BCUT2D eigenvalue weighted by atomic mass is 10.1. The van der Waals surface area contributed by atoms with Crippen molar-refractivity contribution in [3.05, 3.63) is 100 Å². The van der Waals surface area contributed by atoms with Crippen LogP contribution in [-0.2, 0) is 0 Å². The summed E-state index contributed by atoms with van der Waals surface area (Å²) in [5.74, 6) is -0.473. The highest BCUT2D eigenvalue weighted by molar-refractivity contribution is 6.30. The number of hydrazone groups is 1. The summed E-state index contributed by atoms with van der Waals surface area (Å²) < 4.78 is 0. The number of carbonyl (C=O) groups excluding carboxylic acids is 2. The summed E-state index contributed by atoms with van der Waals surface area (Å²) in [6.07, 6.45) is 0. The van der Waals surface area contributed by atoms with Crippen molar-refractivity contribution in [1.82, 2.24) is 5.43 Å². The fourth-order valence-corrected chi connectivity index (χ4v) is 2.81. The zero-order valence-electron chi connectivity index (χ0n) is 16.1. The van der Waals surface area contributed by atoms with Crippen molar-refractivity contribution in [2.45, 2.75) is 13.8 Å². The third-order valence-electron chi connectivity index (χ3n) is 4.38. The summed E-state index contributed by atoms with van der Waals surface area (Å²) in [7, 11) is 0. The van der Waals surface area contributed by atoms with Gasteiger partial charge in [-0.1, -0.05) is 41.9 Å². The van der Waals surface area contributed by atoms with Crippen LogP contribution in [0.15, 0.2) is 77.9 Å². The van der Waals surface area contributed by atoms with E-state index < -0.39 is 0 Å². The van der Waals surface area contributed by atoms with Crippen LogP contribution in [0.5, 0.6) is 0 Å². The lowest BCUT2D eigenvalue weighted by Crippen LogP contribution is -2.19. The second-order valence-corrected chi connectivity index (χ2v) is 6.93.